The van der Waals surface area contributed by atoms with Gasteiger partial charge in [-0.05, 0) is 96.7 Å². The Bertz CT molecular complexity index is 1060. The molecule has 4 nitrogen and oxygen atoms in total. The van der Waals surface area contributed by atoms with Gasteiger partial charge in [-0.25, -0.2) is 0 Å². The van der Waals surface area contributed by atoms with Crippen molar-refractivity contribution in [2.45, 2.75) is 33.1 Å². The van der Waals surface area contributed by atoms with Crippen LogP contribution in [0.5, 0.6) is 0 Å². The van der Waals surface area contributed by atoms with Gasteiger partial charge in [-0.1, -0.05) is 12.2 Å². The van der Waals surface area contributed by atoms with E-state index in [1.165, 1.54) is 44.6 Å². The summed E-state index contributed by atoms with van der Waals surface area (Å²) in [6.07, 6.45) is 7.00. The van der Waals surface area contributed by atoms with Gasteiger partial charge in [0.25, 0.3) is 0 Å². The van der Waals surface area contributed by atoms with Crippen molar-refractivity contribution in [1.82, 2.24) is 0 Å². The van der Waals surface area contributed by atoms with Gasteiger partial charge in [-0.3, -0.25) is 0 Å². The quantitative estimate of drug-likeness (QED) is 0.423. The molecule has 0 saturated carbocycles. The number of fused-ring (bicyclic) bond motifs is 2. The van der Waals surface area contributed by atoms with Crippen LogP contribution in [0.2, 0.25) is 0 Å². The fraction of sp³-hybridized carbons (Fsp3) is 0.304. The average Bonchev–Trinajstić information content (AvgIpc) is 3.45. The molecular weight excluding hydrogens is 500 g/mol. The fourth-order valence-electron chi connectivity index (χ4n) is 4.86. The van der Waals surface area contributed by atoms with Crippen molar-refractivity contribution in [3.8, 4) is 0 Å². The predicted octanol–water partition coefficient (Wildman–Crippen LogP) is 6.43. The highest BCUT2D eigenvalue weighted by Crippen LogP contribution is 2.52. The van der Waals surface area contributed by atoms with E-state index >= 15 is 0 Å². The van der Waals surface area contributed by atoms with Crippen LogP contribution >= 0.6 is 31.9 Å². The average molecular weight is 518 g/mol. The number of ether oxygens (including phenoxy) is 4. The van der Waals surface area contributed by atoms with Crippen molar-refractivity contribution in [3.05, 3.63) is 88.7 Å². The van der Waals surface area contributed by atoms with Crippen LogP contribution in [0.15, 0.2) is 88.7 Å². The van der Waals surface area contributed by atoms with Crippen molar-refractivity contribution in [1.29, 1.82) is 0 Å². The Morgan fingerprint density at radius 3 is 1.62 bits per heavy atom. The van der Waals surface area contributed by atoms with Crippen LogP contribution in [0.25, 0.3) is 0 Å². The van der Waals surface area contributed by atoms with Crippen molar-refractivity contribution in [2.24, 2.45) is 0 Å². The molecule has 0 N–H and O–H groups in total. The Balaban J connectivity index is 1.43. The zero-order valence-corrected chi connectivity index (χ0v) is 19.3. The van der Waals surface area contributed by atoms with E-state index in [0.717, 1.165) is 51.3 Å². The molecule has 0 atom stereocenters. The zero-order chi connectivity index (χ0) is 19.9. The van der Waals surface area contributed by atoms with Crippen LogP contribution in [0, 0.1) is 0 Å². The second kappa shape index (κ2) is 6.29. The Labute approximate surface area is 185 Å². The third-order valence-corrected chi connectivity index (χ3v) is 7.91. The third-order valence-electron chi connectivity index (χ3n) is 6.33. The van der Waals surface area contributed by atoms with Gasteiger partial charge in [0, 0.05) is 12.8 Å². The molecule has 0 radical (unpaired) electrons. The molecule has 0 spiro atoms. The summed E-state index contributed by atoms with van der Waals surface area (Å²) in [5.41, 5.74) is 10.5. The first-order valence-corrected chi connectivity index (χ1v) is 11.2. The molecule has 0 amide bonds. The maximum Gasteiger partial charge on any atom is 0.230 e. The van der Waals surface area contributed by atoms with Gasteiger partial charge >= 0.3 is 0 Å². The summed E-state index contributed by atoms with van der Waals surface area (Å²) < 4.78 is 24.8. The highest BCUT2D eigenvalue weighted by molar-refractivity contribution is 9.12. The number of rotatable bonds is 2. The van der Waals surface area contributed by atoms with Crippen molar-refractivity contribution in [2.75, 3.05) is 13.6 Å². The Morgan fingerprint density at radius 1 is 0.724 bits per heavy atom. The highest BCUT2D eigenvalue weighted by atomic mass is 79.9. The van der Waals surface area contributed by atoms with Crippen LogP contribution < -0.4 is 0 Å². The first-order chi connectivity index (χ1) is 14.0. The molecule has 0 unspecified atom stereocenters. The molecule has 0 aromatic rings. The second-order valence-electron chi connectivity index (χ2n) is 7.87. The van der Waals surface area contributed by atoms with Crippen LogP contribution in [0.4, 0.5) is 0 Å². The number of hydrogen-bond acceptors (Lipinski definition) is 4. The van der Waals surface area contributed by atoms with E-state index in [-0.39, 0.29) is 0 Å². The summed E-state index contributed by atoms with van der Waals surface area (Å²) in [7, 11) is 0. The molecule has 6 heteroatoms. The Kier molecular flexibility index (Phi) is 3.88. The summed E-state index contributed by atoms with van der Waals surface area (Å²) >= 11 is 7.48. The van der Waals surface area contributed by atoms with E-state index in [4.69, 9.17) is 18.9 Å². The summed E-state index contributed by atoms with van der Waals surface area (Å²) in [4.78, 5) is 0. The molecule has 0 aromatic heterocycles. The molecule has 0 aromatic carbocycles. The molecule has 6 rings (SSSR count). The lowest BCUT2D eigenvalue weighted by Crippen LogP contribution is -2.05. The fourth-order valence-corrected chi connectivity index (χ4v) is 6.24. The van der Waals surface area contributed by atoms with Crippen LogP contribution in [0.1, 0.15) is 33.1 Å². The number of hydrogen-bond donors (Lipinski definition) is 0. The maximum absolute atomic E-state index is 5.72. The molecule has 2 heterocycles. The Hall–Kier alpha value is -1.92. The van der Waals surface area contributed by atoms with E-state index in [0.29, 0.717) is 13.6 Å². The van der Waals surface area contributed by atoms with Crippen molar-refractivity contribution in [3.63, 3.8) is 0 Å². The van der Waals surface area contributed by atoms with Gasteiger partial charge in [0.15, 0.2) is 11.5 Å². The highest BCUT2D eigenvalue weighted by Gasteiger charge is 2.37. The van der Waals surface area contributed by atoms with Crippen molar-refractivity contribution < 1.29 is 18.9 Å². The van der Waals surface area contributed by atoms with Crippen LogP contribution in [-0.4, -0.2) is 13.6 Å². The summed E-state index contributed by atoms with van der Waals surface area (Å²) in [6.45, 7) is 5.00. The topological polar surface area (TPSA) is 36.9 Å². The summed E-state index contributed by atoms with van der Waals surface area (Å²) in [5, 5.41) is 0. The molecular formula is C23H18Br2O4. The maximum atomic E-state index is 5.72. The third kappa shape index (κ3) is 2.48. The predicted molar refractivity (Wildman–Crippen MR) is 115 cm³/mol. The second-order valence-corrected chi connectivity index (χ2v) is 9.46. The van der Waals surface area contributed by atoms with E-state index in [9.17, 15) is 0 Å². The minimum atomic E-state index is 0.303. The summed E-state index contributed by atoms with van der Waals surface area (Å²) in [6, 6.07) is 0. The lowest BCUT2D eigenvalue weighted by atomic mass is 9.88. The minimum absolute atomic E-state index is 0.303. The van der Waals surface area contributed by atoms with Crippen LogP contribution in [-0.2, 0) is 18.9 Å². The monoisotopic (exact) mass is 516 g/mol. The van der Waals surface area contributed by atoms with Gasteiger partial charge < -0.3 is 18.9 Å². The first-order valence-electron chi connectivity index (χ1n) is 9.63. The molecule has 148 valence electrons. The lowest BCUT2D eigenvalue weighted by Gasteiger charge is -2.20. The molecule has 0 fully saturated rings. The van der Waals surface area contributed by atoms with Crippen LogP contribution in [0.3, 0.4) is 0 Å². The molecule has 0 bridgehead atoms. The van der Waals surface area contributed by atoms with E-state index < -0.39 is 0 Å². The Morgan fingerprint density at radius 2 is 1.17 bits per heavy atom. The SMILES string of the molecule is CC1=CC2=C(Br)C3=C(CC2=C1CC1=C2CC4=C(OCO4)C(Br)=C2C=C1C)OCO3. The number of halogens is 2. The van der Waals surface area contributed by atoms with E-state index in [1.54, 1.807) is 0 Å². The molecule has 6 aliphatic rings. The molecule has 4 aliphatic carbocycles. The summed E-state index contributed by atoms with van der Waals surface area (Å²) in [5.74, 6) is 3.57. The lowest BCUT2D eigenvalue weighted by molar-refractivity contribution is 0.0731. The van der Waals surface area contributed by atoms with Gasteiger partial charge in [-0.2, -0.15) is 0 Å². The number of allylic oxidation sites excluding steroid dienone is 12. The van der Waals surface area contributed by atoms with Gasteiger partial charge in [-0.15, -0.1) is 0 Å². The zero-order valence-electron chi connectivity index (χ0n) is 16.1. The first kappa shape index (κ1) is 17.9. The molecule has 0 saturated heterocycles. The van der Waals surface area contributed by atoms with Gasteiger partial charge in [0.05, 0.1) is 8.96 Å². The smallest absolute Gasteiger partial charge is 0.230 e. The van der Waals surface area contributed by atoms with Gasteiger partial charge in [0.1, 0.15) is 11.5 Å². The molecule has 2 aliphatic heterocycles. The normalized spacial score (nSPS) is 24.8. The van der Waals surface area contributed by atoms with Gasteiger partial charge in [0.2, 0.25) is 13.6 Å². The minimum Gasteiger partial charge on any atom is -0.458 e. The van der Waals surface area contributed by atoms with Crippen molar-refractivity contribution >= 4 is 31.9 Å². The van der Waals surface area contributed by atoms with E-state index in [1.807, 2.05) is 0 Å². The molecule has 29 heavy (non-hydrogen) atoms. The van der Waals surface area contributed by atoms with E-state index in [2.05, 4.69) is 57.9 Å². The standard InChI is InChI=1S/C23H18Br2O4/c1-10-3-16-14(6-18-22(20(16)24)28-8-26-18)12(10)5-13-11(2)4-17-15(13)7-19-23(21(17)25)29-9-27-19/h3-4H,5-9H2,1-2H3. The largest absolute Gasteiger partial charge is 0.458 e.